The fraction of sp³-hybridized carbons (Fsp3) is 0. The highest BCUT2D eigenvalue weighted by Crippen LogP contribution is 2.43. The Kier molecular flexibility index (Phi) is 6.73. The van der Waals surface area contributed by atoms with Crippen LogP contribution < -0.4 is 0 Å². The molecule has 0 unspecified atom stereocenters. The monoisotopic (exact) mass is 691 g/mol. The van der Waals surface area contributed by atoms with Gasteiger partial charge in [-0.15, -0.1) is 11.3 Å². The van der Waals surface area contributed by atoms with Crippen LogP contribution in [0.5, 0.6) is 0 Å². The lowest BCUT2D eigenvalue weighted by Crippen LogP contribution is -2.00. The fourth-order valence-electron chi connectivity index (χ4n) is 7.99. The predicted octanol–water partition coefficient (Wildman–Crippen LogP) is 13.5. The molecule has 0 bridgehead atoms. The minimum Gasteiger partial charge on any atom is -0.208 e. The molecule has 3 nitrogen and oxygen atoms in total. The van der Waals surface area contributed by atoms with Crippen molar-refractivity contribution in [1.29, 1.82) is 0 Å². The van der Waals surface area contributed by atoms with Gasteiger partial charge in [0, 0.05) is 42.2 Å². The van der Waals surface area contributed by atoms with E-state index < -0.39 is 0 Å². The number of hydrogen-bond acceptors (Lipinski definition) is 4. The normalized spacial score (nSPS) is 11.8. The predicted molar refractivity (Wildman–Crippen MR) is 224 cm³/mol. The zero-order valence-corrected chi connectivity index (χ0v) is 29.3. The number of benzene rings is 9. The minimum absolute atomic E-state index is 0.657. The van der Waals surface area contributed by atoms with Crippen molar-refractivity contribution in [2.75, 3.05) is 0 Å². The van der Waals surface area contributed by atoms with Crippen molar-refractivity contribution >= 4 is 74.6 Å². The molecule has 11 aromatic rings. The van der Waals surface area contributed by atoms with Crippen LogP contribution >= 0.6 is 11.3 Å². The van der Waals surface area contributed by atoms with Crippen molar-refractivity contribution in [3.8, 4) is 45.3 Å². The second-order valence-electron chi connectivity index (χ2n) is 13.5. The van der Waals surface area contributed by atoms with Crippen molar-refractivity contribution in [3.63, 3.8) is 0 Å². The highest BCUT2D eigenvalue weighted by molar-refractivity contribution is 7.26. The number of aromatic nitrogens is 3. The van der Waals surface area contributed by atoms with E-state index in [1.54, 1.807) is 0 Å². The van der Waals surface area contributed by atoms with Gasteiger partial charge in [0.25, 0.3) is 0 Å². The molecule has 9 aromatic carbocycles. The Bertz CT molecular complexity index is 3160. The van der Waals surface area contributed by atoms with E-state index in [9.17, 15) is 0 Å². The van der Waals surface area contributed by atoms with Gasteiger partial charge in [0.15, 0.2) is 17.5 Å². The van der Waals surface area contributed by atoms with Crippen LogP contribution in [0.2, 0.25) is 0 Å². The third-order valence-electron chi connectivity index (χ3n) is 10.5. The van der Waals surface area contributed by atoms with Crippen molar-refractivity contribution in [2.24, 2.45) is 0 Å². The van der Waals surface area contributed by atoms with Gasteiger partial charge in [0.05, 0.1) is 0 Å². The maximum Gasteiger partial charge on any atom is 0.164 e. The van der Waals surface area contributed by atoms with Crippen molar-refractivity contribution in [3.05, 3.63) is 176 Å². The van der Waals surface area contributed by atoms with E-state index in [-0.39, 0.29) is 0 Å². The number of fused-ring (bicyclic) bond motifs is 10. The first-order valence-electron chi connectivity index (χ1n) is 17.9. The van der Waals surface area contributed by atoms with Crippen molar-refractivity contribution < 1.29 is 0 Å². The molecule has 53 heavy (non-hydrogen) atoms. The van der Waals surface area contributed by atoms with Crippen molar-refractivity contribution in [1.82, 2.24) is 15.0 Å². The first-order valence-corrected chi connectivity index (χ1v) is 18.7. The highest BCUT2D eigenvalue weighted by atomic mass is 32.1. The van der Waals surface area contributed by atoms with Crippen LogP contribution in [-0.2, 0) is 0 Å². The van der Waals surface area contributed by atoms with E-state index in [4.69, 9.17) is 15.0 Å². The fourth-order valence-corrected chi connectivity index (χ4v) is 9.23. The molecule has 0 radical (unpaired) electrons. The molecule has 0 N–H and O–H groups in total. The Labute approximate surface area is 309 Å². The lowest BCUT2D eigenvalue weighted by atomic mass is 9.91. The molecule has 2 aromatic heterocycles. The molecule has 4 heteroatoms. The van der Waals surface area contributed by atoms with Gasteiger partial charge in [-0.05, 0) is 67.0 Å². The lowest BCUT2D eigenvalue weighted by molar-refractivity contribution is 1.08. The topological polar surface area (TPSA) is 38.7 Å². The van der Waals surface area contributed by atoms with Gasteiger partial charge >= 0.3 is 0 Å². The summed E-state index contributed by atoms with van der Waals surface area (Å²) in [5.74, 6) is 1.97. The molecule has 0 atom stereocenters. The maximum atomic E-state index is 5.06. The zero-order chi connectivity index (χ0) is 34.9. The Hall–Kier alpha value is -6.75. The third-order valence-corrected chi connectivity index (χ3v) is 11.7. The summed E-state index contributed by atoms with van der Waals surface area (Å²) in [6.45, 7) is 0. The second kappa shape index (κ2) is 11.9. The molecule has 11 rings (SSSR count). The molecule has 0 amide bonds. The summed E-state index contributed by atoms with van der Waals surface area (Å²) < 4.78 is 2.69. The molecule has 0 saturated heterocycles. The minimum atomic E-state index is 0.657. The zero-order valence-electron chi connectivity index (χ0n) is 28.5. The van der Waals surface area contributed by atoms with E-state index in [1.165, 1.54) is 63.6 Å². The van der Waals surface area contributed by atoms with Gasteiger partial charge in [0.2, 0.25) is 0 Å². The highest BCUT2D eigenvalue weighted by Gasteiger charge is 2.17. The van der Waals surface area contributed by atoms with Crippen LogP contribution in [0.4, 0.5) is 0 Å². The largest absolute Gasteiger partial charge is 0.208 e. The summed E-state index contributed by atoms with van der Waals surface area (Å²) >= 11 is 1.89. The van der Waals surface area contributed by atoms with Crippen LogP contribution in [0.1, 0.15) is 0 Å². The van der Waals surface area contributed by atoms with Gasteiger partial charge < -0.3 is 0 Å². The molecule has 0 aliphatic rings. The number of hydrogen-bond donors (Lipinski definition) is 0. The molecule has 2 heterocycles. The summed E-state index contributed by atoms with van der Waals surface area (Å²) in [6.07, 6.45) is 0. The molecular weight excluding hydrogens is 663 g/mol. The molecule has 0 fully saturated rings. The van der Waals surface area contributed by atoms with Gasteiger partial charge in [-0.2, -0.15) is 0 Å². The molecule has 0 saturated carbocycles. The summed E-state index contributed by atoms with van der Waals surface area (Å²) in [4.78, 5) is 15.0. The van der Waals surface area contributed by atoms with Gasteiger partial charge in [0.1, 0.15) is 0 Å². The summed E-state index contributed by atoms with van der Waals surface area (Å²) in [7, 11) is 0. The van der Waals surface area contributed by atoms with E-state index in [2.05, 4.69) is 115 Å². The number of thiophene rings is 1. The van der Waals surface area contributed by atoms with Gasteiger partial charge in [-0.25, -0.2) is 15.0 Å². The van der Waals surface area contributed by atoms with E-state index in [0.29, 0.717) is 17.5 Å². The molecule has 0 aliphatic heterocycles. The summed E-state index contributed by atoms with van der Waals surface area (Å²) in [6, 6.07) is 62.7. The smallest absolute Gasteiger partial charge is 0.164 e. The number of nitrogens with zero attached hydrogens (tertiary/aromatic N) is 3. The molecule has 0 aliphatic carbocycles. The van der Waals surface area contributed by atoms with Gasteiger partial charge in [-0.1, -0.05) is 158 Å². The van der Waals surface area contributed by atoms with Crippen molar-refractivity contribution in [2.45, 2.75) is 0 Å². The Morgan fingerprint density at radius 1 is 0.321 bits per heavy atom. The van der Waals surface area contributed by atoms with E-state index in [1.807, 2.05) is 72.0 Å². The van der Waals surface area contributed by atoms with Crippen LogP contribution in [0.3, 0.4) is 0 Å². The molecule has 0 spiro atoms. The van der Waals surface area contributed by atoms with Crippen LogP contribution in [0.15, 0.2) is 176 Å². The van der Waals surface area contributed by atoms with E-state index >= 15 is 0 Å². The Balaban J connectivity index is 1.08. The summed E-state index contributed by atoms with van der Waals surface area (Å²) in [5.41, 5.74) is 5.25. The van der Waals surface area contributed by atoms with E-state index in [0.717, 1.165) is 27.5 Å². The first-order chi connectivity index (χ1) is 26.3. The number of rotatable bonds is 4. The average molecular weight is 692 g/mol. The van der Waals surface area contributed by atoms with Crippen LogP contribution in [0, 0.1) is 0 Å². The van der Waals surface area contributed by atoms with Crippen LogP contribution in [-0.4, -0.2) is 15.0 Å². The average Bonchev–Trinajstić information content (AvgIpc) is 3.62. The van der Waals surface area contributed by atoms with Gasteiger partial charge in [-0.3, -0.25) is 0 Å². The van der Waals surface area contributed by atoms with Crippen LogP contribution in [0.25, 0.3) is 109 Å². The Morgan fingerprint density at radius 3 is 1.60 bits per heavy atom. The molecular formula is C49H29N3S. The lowest BCUT2D eigenvalue weighted by Gasteiger charge is -2.14. The third kappa shape index (κ3) is 4.84. The molecule has 246 valence electrons. The maximum absolute atomic E-state index is 5.06. The SMILES string of the molecule is c1ccc(-c2nc(-c3ccccc3)nc(-c3ccc(-c4ccc5c(ccc6ccc7c(ccc8c9ccccc9sc87)c65)c4)c4ccccc34)n2)cc1. The first kappa shape index (κ1) is 29.9. The second-order valence-corrected chi connectivity index (χ2v) is 14.6. The quantitative estimate of drug-likeness (QED) is 0.172. The summed E-state index contributed by atoms with van der Waals surface area (Å²) in [5, 5.41) is 12.6. The standard InChI is InChI=1S/C49H29N3S/c1-3-11-31(12-4-1)47-50-48(32-13-5-2-6-14-32)52-49(51-47)43-28-25-35(37-15-7-8-16-38(37)43)33-22-23-36-34(29-33)20-19-30-21-24-42-40(45(30)36)26-27-41-39-17-9-10-18-44(39)53-46(41)42/h1-29H. The Morgan fingerprint density at radius 2 is 0.849 bits per heavy atom.